The molecule has 0 saturated carbocycles. The molecule has 2 atom stereocenters. The standard InChI is InChI=1S/C19H26N2O6/c1-19(2,3)27-17(24)20-15-9-10-21(11-14(15)16(22)23)18(25)26-12-13-7-5-4-6-8-13/h4-8,14-15H,9-12H2,1-3H3,(H,20,24)(H,22,23)/t14-,15?/m0/s1. The van der Waals surface area contributed by atoms with Gasteiger partial charge in [0, 0.05) is 19.1 Å². The van der Waals surface area contributed by atoms with Gasteiger partial charge in [0.25, 0.3) is 0 Å². The highest BCUT2D eigenvalue weighted by Crippen LogP contribution is 2.20. The Hall–Kier alpha value is -2.77. The molecule has 0 spiro atoms. The minimum atomic E-state index is -1.09. The summed E-state index contributed by atoms with van der Waals surface area (Å²) in [5.74, 6) is -2.02. The van der Waals surface area contributed by atoms with Crippen molar-refractivity contribution >= 4 is 18.2 Å². The van der Waals surface area contributed by atoms with Crippen molar-refractivity contribution in [2.24, 2.45) is 5.92 Å². The van der Waals surface area contributed by atoms with Crippen LogP contribution >= 0.6 is 0 Å². The molecule has 2 N–H and O–H groups in total. The summed E-state index contributed by atoms with van der Waals surface area (Å²) in [5, 5.41) is 12.1. The molecule has 148 valence electrons. The van der Waals surface area contributed by atoms with Crippen LogP contribution in [0, 0.1) is 5.92 Å². The number of ether oxygens (including phenoxy) is 2. The molecule has 0 aliphatic carbocycles. The van der Waals surface area contributed by atoms with Crippen molar-refractivity contribution in [1.82, 2.24) is 10.2 Å². The molecule has 1 aliphatic heterocycles. The number of nitrogens with zero attached hydrogens (tertiary/aromatic N) is 1. The number of rotatable bonds is 4. The quantitative estimate of drug-likeness (QED) is 0.834. The number of amides is 2. The number of carbonyl (C=O) groups is 3. The summed E-state index contributed by atoms with van der Waals surface area (Å²) in [7, 11) is 0. The van der Waals surface area contributed by atoms with Crippen LogP contribution in [0.1, 0.15) is 32.8 Å². The molecule has 8 nitrogen and oxygen atoms in total. The van der Waals surface area contributed by atoms with Crippen LogP contribution in [-0.4, -0.2) is 52.9 Å². The highest BCUT2D eigenvalue weighted by molar-refractivity contribution is 5.76. The third-order valence-corrected chi connectivity index (χ3v) is 4.10. The van der Waals surface area contributed by atoms with Crippen LogP contribution in [0.3, 0.4) is 0 Å². The first-order valence-electron chi connectivity index (χ1n) is 8.83. The Morgan fingerprint density at radius 2 is 1.89 bits per heavy atom. The maximum absolute atomic E-state index is 12.3. The number of carboxylic acid groups (broad SMARTS) is 1. The topological polar surface area (TPSA) is 105 Å². The van der Waals surface area contributed by atoms with E-state index in [-0.39, 0.29) is 19.7 Å². The van der Waals surface area contributed by atoms with E-state index in [1.165, 1.54) is 4.90 Å². The zero-order chi connectivity index (χ0) is 20.0. The Morgan fingerprint density at radius 1 is 1.22 bits per heavy atom. The summed E-state index contributed by atoms with van der Waals surface area (Å²) in [4.78, 5) is 37.2. The van der Waals surface area contributed by atoms with Gasteiger partial charge in [0.05, 0.1) is 5.92 Å². The smallest absolute Gasteiger partial charge is 0.410 e. The SMILES string of the molecule is CC(C)(C)OC(=O)NC1CCN(C(=O)OCc2ccccc2)C[C@@H]1C(=O)O. The molecule has 8 heteroatoms. The zero-order valence-electron chi connectivity index (χ0n) is 15.8. The minimum absolute atomic E-state index is 0.0383. The number of piperidine rings is 1. The summed E-state index contributed by atoms with van der Waals surface area (Å²) in [6.07, 6.45) is -0.934. The Labute approximate surface area is 158 Å². The monoisotopic (exact) mass is 378 g/mol. The Morgan fingerprint density at radius 3 is 2.48 bits per heavy atom. The summed E-state index contributed by atoms with van der Waals surface area (Å²) >= 11 is 0. The Bertz CT molecular complexity index is 671. The van der Waals surface area contributed by atoms with E-state index < -0.39 is 35.7 Å². The summed E-state index contributed by atoms with van der Waals surface area (Å²) in [6, 6.07) is 8.62. The molecular formula is C19H26N2O6. The maximum atomic E-state index is 12.3. The van der Waals surface area contributed by atoms with Crippen molar-refractivity contribution in [1.29, 1.82) is 0 Å². The van der Waals surface area contributed by atoms with Crippen molar-refractivity contribution in [3.05, 3.63) is 35.9 Å². The lowest BCUT2D eigenvalue weighted by molar-refractivity contribution is -0.144. The average Bonchev–Trinajstić information content (AvgIpc) is 2.59. The highest BCUT2D eigenvalue weighted by atomic mass is 16.6. The zero-order valence-corrected chi connectivity index (χ0v) is 15.8. The van der Waals surface area contributed by atoms with Gasteiger partial charge in [-0.15, -0.1) is 0 Å². The van der Waals surface area contributed by atoms with E-state index in [9.17, 15) is 19.5 Å². The molecule has 1 aromatic carbocycles. The normalized spacial score (nSPS) is 19.9. The van der Waals surface area contributed by atoms with E-state index in [4.69, 9.17) is 9.47 Å². The van der Waals surface area contributed by atoms with Crippen molar-refractivity contribution < 1.29 is 29.0 Å². The van der Waals surface area contributed by atoms with Crippen LogP contribution < -0.4 is 5.32 Å². The van der Waals surface area contributed by atoms with Crippen LogP contribution in [0.2, 0.25) is 0 Å². The number of carbonyl (C=O) groups excluding carboxylic acids is 2. The minimum Gasteiger partial charge on any atom is -0.481 e. The molecule has 1 saturated heterocycles. The Kier molecular flexibility index (Phi) is 6.65. The molecule has 0 radical (unpaired) electrons. The second-order valence-electron chi connectivity index (χ2n) is 7.47. The maximum Gasteiger partial charge on any atom is 0.410 e. The molecule has 2 rings (SSSR count). The van der Waals surface area contributed by atoms with Crippen molar-refractivity contribution in [3.8, 4) is 0 Å². The van der Waals surface area contributed by atoms with Gasteiger partial charge in [0.15, 0.2) is 0 Å². The number of carboxylic acids is 1. The fourth-order valence-electron chi connectivity index (χ4n) is 2.81. The molecule has 1 unspecified atom stereocenters. The first-order chi connectivity index (χ1) is 12.7. The predicted molar refractivity (Wildman–Crippen MR) is 97.1 cm³/mol. The van der Waals surface area contributed by atoms with Gasteiger partial charge in [0.2, 0.25) is 0 Å². The number of hydrogen-bond donors (Lipinski definition) is 2. The van der Waals surface area contributed by atoms with E-state index >= 15 is 0 Å². The third-order valence-electron chi connectivity index (χ3n) is 4.10. The molecule has 1 fully saturated rings. The van der Waals surface area contributed by atoms with Gasteiger partial charge in [-0.1, -0.05) is 30.3 Å². The molecule has 1 aromatic rings. The van der Waals surface area contributed by atoms with Crippen LogP contribution in [0.4, 0.5) is 9.59 Å². The number of hydrogen-bond acceptors (Lipinski definition) is 5. The number of alkyl carbamates (subject to hydrolysis) is 1. The van der Waals surface area contributed by atoms with Crippen LogP contribution in [0.15, 0.2) is 30.3 Å². The van der Waals surface area contributed by atoms with Crippen LogP contribution in [0.25, 0.3) is 0 Å². The summed E-state index contributed by atoms with van der Waals surface area (Å²) < 4.78 is 10.4. The third kappa shape index (κ3) is 6.47. The van der Waals surface area contributed by atoms with Crippen molar-refractivity contribution in [2.75, 3.05) is 13.1 Å². The fourth-order valence-corrected chi connectivity index (χ4v) is 2.81. The average molecular weight is 378 g/mol. The van der Waals surface area contributed by atoms with Gasteiger partial charge in [-0.25, -0.2) is 9.59 Å². The molecule has 1 aliphatic rings. The summed E-state index contributed by atoms with van der Waals surface area (Å²) in [6.45, 7) is 5.56. The van der Waals surface area contributed by atoms with Crippen LogP contribution in [0.5, 0.6) is 0 Å². The number of likely N-dealkylation sites (tertiary alicyclic amines) is 1. The lowest BCUT2D eigenvalue weighted by Gasteiger charge is -2.36. The second-order valence-corrected chi connectivity index (χ2v) is 7.47. The molecule has 27 heavy (non-hydrogen) atoms. The molecule has 0 bridgehead atoms. The molecule has 0 aromatic heterocycles. The van der Waals surface area contributed by atoms with E-state index in [1.54, 1.807) is 20.8 Å². The van der Waals surface area contributed by atoms with Crippen LogP contribution in [-0.2, 0) is 20.9 Å². The first kappa shape index (κ1) is 20.5. The number of aliphatic carboxylic acids is 1. The van der Waals surface area contributed by atoms with Gasteiger partial charge in [0.1, 0.15) is 12.2 Å². The first-order valence-corrected chi connectivity index (χ1v) is 8.83. The highest BCUT2D eigenvalue weighted by Gasteiger charge is 2.38. The van der Waals surface area contributed by atoms with Gasteiger partial charge in [-0.2, -0.15) is 0 Å². The van der Waals surface area contributed by atoms with Gasteiger partial charge >= 0.3 is 18.2 Å². The van der Waals surface area contributed by atoms with E-state index in [0.29, 0.717) is 6.42 Å². The lowest BCUT2D eigenvalue weighted by atomic mass is 9.92. The molecule has 2 amide bonds. The van der Waals surface area contributed by atoms with Crippen molar-refractivity contribution in [2.45, 2.75) is 45.4 Å². The predicted octanol–water partition coefficient (Wildman–Crippen LogP) is 2.62. The van der Waals surface area contributed by atoms with Gasteiger partial charge in [-0.3, -0.25) is 4.79 Å². The van der Waals surface area contributed by atoms with E-state index in [0.717, 1.165) is 5.56 Å². The van der Waals surface area contributed by atoms with Crippen molar-refractivity contribution in [3.63, 3.8) is 0 Å². The second kappa shape index (κ2) is 8.75. The van der Waals surface area contributed by atoms with Gasteiger partial charge in [-0.05, 0) is 32.8 Å². The lowest BCUT2D eigenvalue weighted by Crippen LogP contribution is -2.55. The van der Waals surface area contributed by atoms with Gasteiger partial charge < -0.3 is 24.8 Å². The number of nitrogens with one attached hydrogen (secondary N) is 1. The number of benzene rings is 1. The van der Waals surface area contributed by atoms with E-state index in [1.807, 2.05) is 30.3 Å². The molecule has 1 heterocycles. The van der Waals surface area contributed by atoms with E-state index in [2.05, 4.69) is 5.32 Å². The largest absolute Gasteiger partial charge is 0.481 e. The molecular weight excluding hydrogens is 352 g/mol. The fraction of sp³-hybridized carbons (Fsp3) is 0.526. The Balaban J connectivity index is 1.91. The summed E-state index contributed by atoms with van der Waals surface area (Å²) in [5.41, 5.74) is 0.173.